The molecule has 2 heterocycles. The van der Waals surface area contributed by atoms with Gasteiger partial charge in [-0.15, -0.1) is 0 Å². The average Bonchev–Trinajstić information content (AvgIpc) is 2.62. The molecule has 2 aliphatic rings. The molecule has 2 rings (SSSR count). The second kappa shape index (κ2) is 10.5. The molecule has 0 aromatic carbocycles. The lowest BCUT2D eigenvalue weighted by Gasteiger charge is -2.39. The molecule has 2 aliphatic heterocycles. The van der Waals surface area contributed by atoms with Crippen LogP contribution >= 0.6 is 0 Å². The number of ketones is 1. The van der Waals surface area contributed by atoms with E-state index >= 15 is 0 Å². The van der Waals surface area contributed by atoms with Gasteiger partial charge in [0.25, 0.3) is 0 Å². The third-order valence-corrected chi connectivity index (χ3v) is 5.88. The average molecular weight is 381 g/mol. The van der Waals surface area contributed by atoms with Crippen molar-refractivity contribution >= 4 is 11.7 Å². The fraction of sp³-hybridized carbons (Fsp3) is 0.905. The standard InChI is InChI=1S/C21H40N4O2/c1-16(2)20(26)15-23-8-6-19(7-9-23)14-24-10-12-25(13-11-24)21(27)18(5)22-17(3)4/h16-19,22H,6-15H2,1-5H3/t18-/m1/s1. The molecule has 0 radical (unpaired) electrons. The van der Waals surface area contributed by atoms with Crippen LogP contribution in [0.25, 0.3) is 0 Å². The fourth-order valence-electron chi connectivity index (χ4n) is 4.09. The van der Waals surface area contributed by atoms with Crippen LogP contribution < -0.4 is 5.32 Å². The second-order valence-corrected chi connectivity index (χ2v) is 9.01. The van der Waals surface area contributed by atoms with Crippen molar-refractivity contribution < 1.29 is 9.59 Å². The van der Waals surface area contributed by atoms with Gasteiger partial charge >= 0.3 is 0 Å². The van der Waals surface area contributed by atoms with E-state index in [2.05, 4.69) is 29.0 Å². The summed E-state index contributed by atoms with van der Waals surface area (Å²) in [6, 6.07) is 0.223. The number of hydrogen-bond donors (Lipinski definition) is 1. The molecular formula is C21H40N4O2. The molecule has 0 aromatic rings. The van der Waals surface area contributed by atoms with E-state index in [1.165, 1.54) is 12.8 Å². The van der Waals surface area contributed by atoms with Gasteiger partial charge in [-0.2, -0.15) is 0 Å². The van der Waals surface area contributed by atoms with Crippen LogP contribution in [0.2, 0.25) is 0 Å². The van der Waals surface area contributed by atoms with Crippen molar-refractivity contribution in [3.8, 4) is 0 Å². The Balaban J connectivity index is 1.66. The summed E-state index contributed by atoms with van der Waals surface area (Å²) >= 11 is 0. The first kappa shape index (κ1) is 22.3. The van der Waals surface area contributed by atoms with Gasteiger partial charge < -0.3 is 10.2 Å². The smallest absolute Gasteiger partial charge is 0.239 e. The molecule has 6 nitrogen and oxygen atoms in total. The molecule has 0 spiro atoms. The Hall–Kier alpha value is -0.980. The van der Waals surface area contributed by atoms with Gasteiger partial charge in [0, 0.05) is 44.7 Å². The zero-order valence-electron chi connectivity index (χ0n) is 18.0. The molecule has 27 heavy (non-hydrogen) atoms. The van der Waals surface area contributed by atoms with E-state index in [-0.39, 0.29) is 17.9 Å². The van der Waals surface area contributed by atoms with Crippen molar-refractivity contribution in [2.75, 3.05) is 52.4 Å². The lowest BCUT2D eigenvalue weighted by Crippen LogP contribution is -2.55. The highest BCUT2D eigenvalue weighted by molar-refractivity contribution is 5.82. The Bertz CT molecular complexity index is 479. The number of piperidine rings is 1. The van der Waals surface area contributed by atoms with Crippen LogP contribution in [0.1, 0.15) is 47.5 Å². The first-order valence-corrected chi connectivity index (χ1v) is 10.8. The van der Waals surface area contributed by atoms with Crippen molar-refractivity contribution in [3.05, 3.63) is 0 Å². The highest BCUT2D eigenvalue weighted by Crippen LogP contribution is 2.19. The fourth-order valence-corrected chi connectivity index (χ4v) is 4.09. The molecule has 0 bridgehead atoms. The quantitative estimate of drug-likeness (QED) is 0.691. The number of rotatable bonds is 8. The number of carbonyl (C=O) groups is 2. The molecular weight excluding hydrogens is 340 g/mol. The normalized spacial score (nSPS) is 21.8. The second-order valence-electron chi connectivity index (χ2n) is 9.01. The number of carbonyl (C=O) groups excluding carboxylic acids is 2. The minimum Gasteiger partial charge on any atom is -0.339 e. The lowest BCUT2D eigenvalue weighted by molar-refractivity contribution is -0.135. The molecule has 0 unspecified atom stereocenters. The minimum absolute atomic E-state index is 0.102. The third-order valence-electron chi connectivity index (χ3n) is 5.88. The largest absolute Gasteiger partial charge is 0.339 e. The van der Waals surface area contributed by atoms with Crippen LogP contribution in [0.15, 0.2) is 0 Å². The van der Waals surface area contributed by atoms with E-state index in [1.807, 2.05) is 25.7 Å². The first-order chi connectivity index (χ1) is 12.8. The van der Waals surface area contributed by atoms with Crippen LogP contribution in [0.4, 0.5) is 0 Å². The summed E-state index contributed by atoms with van der Waals surface area (Å²) in [5.41, 5.74) is 0. The van der Waals surface area contributed by atoms with E-state index in [4.69, 9.17) is 0 Å². The number of piperazine rings is 1. The molecule has 0 aromatic heterocycles. The molecule has 1 N–H and O–H groups in total. The number of likely N-dealkylation sites (tertiary alicyclic amines) is 1. The summed E-state index contributed by atoms with van der Waals surface area (Å²) in [4.78, 5) is 31.3. The van der Waals surface area contributed by atoms with Gasteiger partial charge in [0.1, 0.15) is 5.78 Å². The summed E-state index contributed by atoms with van der Waals surface area (Å²) in [5, 5.41) is 3.31. The Labute approximate surface area is 165 Å². The predicted octanol–water partition coefficient (Wildman–Crippen LogP) is 1.45. The zero-order chi connectivity index (χ0) is 20.0. The highest BCUT2D eigenvalue weighted by atomic mass is 16.2. The maximum Gasteiger partial charge on any atom is 0.239 e. The summed E-state index contributed by atoms with van der Waals surface area (Å²) in [6.07, 6.45) is 2.36. The lowest BCUT2D eigenvalue weighted by atomic mass is 9.95. The van der Waals surface area contributed by atoms with Crippen molar-refractivity contribution in [2.24, 2.45) is 11.8 Å². The molecule has 1 atom stereocenters. The van der Waals surface area contributed by atoms with Gasteiger partial charge in [-0.1, -0.05) is 27.7 Å². The van der Waals surface area contributed by atoms with Gasteiger partial charge in [-0.25, -0.2) is 0 Å². The summed E-state index contributed by atoms with van der Waals surface area (Å²) in [6.45, 7) is 17.6. The van der Waals surface area contributed by atoms with E-state index in [9.17, 15) is 9.59 Å². The maximum absolute atomic E-state index is 12.5. The maximum atomic E-state index is 12.5. The molecule has 156 valence electrons. The van der Waals surface area contributed by atoms with Crippen LogP contribution in [-0.2, 0) is 9.59 Å². The first-order valence-electron chi connectivity index (χ1n) is 10.8. The van der Waals surface area contributed by atoms with Crippen molar-refractivity contribution in [1.29, 1.82) is 0 Å². The molecule has 2 saturated heterocycles. The van der Waals surface area contributed by atoms with Crippen LogP contribution in [0, 0.1) is 11.8 Å². The number of nitrogens with one attached hydrogen (secondary N) is 1. The van der Waals surface area contributed by atoms with Crippen LogP contribution in [-0.4, -0.2) is 90.8 Å². The number of nitrogens with zero attached hydrogens (tertiary/aromatic N) is 3. The Kier molecular flexibility index (Phi) is 8.70. The summed E-state index contributed by atoms with van der Waals surface area (Å²) in [7, 11) is 0. The minimum atomic E-state index is -0.102. The Morgan fingerprint density at radius 3 is 2.00 bits per heavy atom. The number of amides is 1. The van der Waals surface area contributed by atoms with Gasteiger partial charge in [0.2, 0.25) is 5.91 Å². The van der Waals surface area contributed by atoms with E-state index in [0.29, 0.717) is 18.4 Å². The Morgan fingerprint density at radius 2 is 1.48 bits per heavy atom. The molecule has 6 heteroatoms. The van der Waals surface area contributed by atoms with E-state index in [1.54, 1.807) is 0 Å². The van der Waals surface area contributed by atoms with Crippen molar-refractivity contribution in [2.45, 2.75) is 59.5 Å². The van der Waals surface area contributed by atoms with E-state index < -0.39 is 0 Å². The van der Waals surface area contributed by atoms with Gasteiger partial charge in [0.05, 0.1) is 12.6 Å². The number of hydrogen-bond acceptors (Lipinski definition) is 5. The molecule has 0 aliphatic carbocycles. The van der Waals surface area contributed by atoms with Crippen molar-refractivity contribution in [1.82, 2.24) is 20.0 Å². The number of Topliss-reactive ketones (excluding diaryl/α,β-unsaturated/α-hetero) is 1. The summed E-state index contributed by atoms with van der Waals surface area (Å²) in [5.74, 6) is 1.45. The van der Waals surface area contributed by atoms with Gasteiger partial charge in [0.15, 0.2) is 0 Å². The highest BCUT2D eigenvalue weighted by Gasteiger charge is 2.28. The topological polar surface area (TPSA) is 55.9 Å². The Morgan fingerprint density at radius 1 is 0.889 bits per heavy atom. The zero-order valence-corrected chi connectivity index (χ0v) is 18.0. The summed E-state index contributed by atoms with van der Waals surface area (Å²) < 4.78 is 0. The van der Waals surface area contributed by atoms with Gasteiger partial charge in [-0.05, 0) is 38.8 Å². The van der Waals surface area contributed by atoms with Crippen LogP contribution in [0.3, 0.4) is 0 Å². The van der Waals surface area contributed by atoms with Crippen LogP contribution in [0.5, 0.6) is 0 Å². The third kappa shape index (κ3) is 7.16. The predicted molar refractivity (Wildman–Crippen MR) is 110 cm³/mol. The van der Waals surface area contributed by atoms with E-state index in [0.717, 1.165) is 51.7 Å². The SMILES string of the molecule is CC(C)N[C@H](C)C(=O)N1CCN(CC2CCN(CC(=O)C(C)C)CC2)CC1. The monoisotopic (exact) mass is 380 g/mol. The van der Waals surface area contributed by atoms with Gasteiger partial charge in [-0.3, -0.25) is 19.4 Å². The molecule has 0 saturated carbocycles. The molecule has 1 amide bonds. The van der Waals surface area contributed by atoms with Crippen molar-refractivity contribution in [3.63, 3.8) is 0 Å². The molecule has 2 fully saturated rings.